The Kier molecular flexibility index (Phi) is 4.70. The van der Waals surface area contributed by atoms with Crippen molar-refractivity contribution >= 4 is 21.4 Å². The number of hydrogen-bond acceptors (Lipinski definition) is 5. The van der Waals surface area contributed by atoms with Crippen molar-refractivity contribution in [1.29, 1.82) is 0 Å². The van der Waals surface area contributed by atoms with E-state index < -0.39 is 10.0 Å². The van der Waals surface area contributed by atoms with Gasteiger partial charge in [0.25, 0.3) is 0 Å². The molecule has 0 radical (unpaired) electrons. The highest BCUT2D eigenvalue weighted by molar-refractivity contribution is 7.89. The molecule has 1 aliphatic heterocycles. The molecule has 1 fully saturated rings. The second-order valence-corrected chi connectivity index (χ2v) is 8.43. The minimum absolute atomic E-state index is 0.240. The van der Waals surface area contributed by atoms with Crippen molar-refractivity contribution in [1.82, 2.24) is 9.29 Å². The Bertz CT molecular complexity index is 793. The summed E-state index contributed by atoms with van der Waals surface area (Å²) in [4.78, 5) is 4.69. The topological polar surface area (TPSA) is 59.5 Å². The summed E-state index contributed by atoms with van der Waals surface area (Å²) >= 11 is 1.55. The molecule has 7 heteroatoms. The van der Waals surface area contributed by atoms with Gasteiger partial charge in [0, 0.05) is 24.0 Å². The van der Waals surface area contributed by atoms with Gasteiger partial charge in [0.2, 0.25) is 10.0 Å². The average molecular weight is 352 g/mol. The summed E-state index contributed by atoms with van der Waals surface area (Å²) in [5, 5.41) is 2.90. The first-order valence-electron chi connectivity index (χ1n) is 7.72. The van der Waals surface area contributed by atoms with E-state index >= 15 is 0 Å². The van der Waals surface area contributed by atoms with Crippen LogP contribution in [-0.2, 0) is 10.0 Å². The zero-order valence-corrected chi connectivity index (χ0v) is 14.9. The third-order valence-electron chi connectivity index (χ3n) is 3.84. The Morgan fingerprint density at radius 2 is 2.04 bits per heavy atom. The van der Waals surface area contributed by atoms with Crippen molar-refractivity contribution in [3.63, 3.8) is 0 Å². The van der Waals surface area contributed by atoms with Crippen molar-refractivity contribution < 1.29 is 13.2 Å². The quantitative estimate of drug-likeness (QED) is 0.828. The molecule has 0 atom stereocenters. The number of sulfonamides is 1. The molecule has 0 amide bonds. The Balaban J connectivity index is 2.08. The van der Waals surface area contributed by atoms with E-state index in [9.17, 15) is 8.42 Å². The lowest BCUT2D eigenvalue weighted by Gasteiger charge is -2.18. The van der Waals surface area contributed by atoms with E-state index in [4.69, 9.17) is 4.74 Å². The lowest BCUT2D eigenvalue weighted by Crippen LogP contribution is -2.28. The van der Waals surface area contributed by atoms with Crippen LogP contribution in [0.1, 0.15) is 24.8 Å². The number of rotatable bonds is 5. The molecule has 1 aromatic heterocycles. The largest absolute Gasteiger partial charge is 0.492 e. The molecule has 124 valence electrons. The van der Waals surface area contributed by atoms with E-state index in [2.05, 4.69) is 4.98 Å². The molecule has 0 saturated carbocycles. The summed E-state index contributed by atoms with van der Waals surface area (Å²) in [5.41, 5.74) is 1.60. The molecule has 2 heterocycles. The van der Waals surface area contributed by atoms with E-state index in [0.29, 0.717) is 25.4 Å². The van der Waals surface area contributed by atoms with Crippen LogP contribution in [0, 0.1) is 6.92 Å². The first kappa shape index (κ1) is 16.4. The molecule has 23 heavy (non-hydrogen) atoms. The van der Waals surface area contributed by atoms with Crippen molar-refractivity contribution in [3.8, 4) is 17.0 Å². The Hall–Kier alpha value is -1.44. The number of ether oxygens (including phenoxy) is 1. The molecule has 0 unspecified atom stereocenters. The second-order valence-electron chi connectivity index (χ2n) is 5.46. The first-order chi connectivity index (χ1) is 11.0. The number of aryl methyl sites for hydroxylation is 1. The Morgan fingerprint density at radius 3 is 2.65 bits per heavy atom. The summed E-state index contributed by atoms with van der Waals surface area (Å²) in [6.07, 6.45) is 1.82. The van der Waals surface area contributed by atoms with E-state index in [0.717, 1.165) is 29.1 Å². The zero-order chi connectivity index (χ0) is 16.4. The minimum atomic E-state index is -3.53. The van der Waals surface area contributed by atoms with Gasteiger partial charge in [-0.15, -0.1) is 11.3 Å². The molecule has 0 N–H and O–H groups in total. The van der Waals surface area contributed by atoms with Crippen LogP contribution in [0.2, 0.25) is 0 Å². The number of aromatic nitrogens is 1. The van der Waals surface area contributed by atoms with Gasteiger partial charge in [-0.3, -0.25) is 0 Å². The van der Waals surface area contributed by atoms with Crippen molar-refractivity contribution in [2.75, 3.05) is 19.7 Å². The number of thiazole rings is 1. The van der Waals surface area contributed by atoms with Crippen LogP contribution in [0.15, 0.2) is 28.5 Å². The van der Waals surface area contributed by atoms with E-state index in [1.807, 2.05) is 25.3 Å². The minimum Gasteiger partial charge on any atom is -0.492 e. The van der Waals surface area contributed by atoms with Gasteiger partial charge >= 0.3 is 0 Å². The summed E-state index contributed by atoms with van der Waals surface area (Å²) < 4.78 is 33.0. The van der Waals surface area contributed by atoms with Gasteiger partial charge < -0.3 is 4.74 Å². The third kappa shape index (κ3) is 3.27. The van der Waals surface area contributed by atoms with Gasteiger partial charge in [0.05, 0.1) is 17.3 Å². The fourth-order valence-electron chi connectivity index (χ4n) is 2.71. The van der Waals surface area contributed by atoms with Gasteiger partial charge in [-0.1, -0.05) is 0 Å². The van der Waals surface area contributed by atoms with Gasteiger partial charge in [0.15, 0.2) is 0 Å². The van der Waals surface area contributed by atoms with Crippen LogP contribution < -0.4 is 4.74 Å². The maximum atomic E-state index is 12.9. The number of hydrogen-bond donors (Lipinski definition) is 0. The Labute approximate surface area is 141 Å². The molecule has 0 bridgehead atoms. The smallest absolute Gasteiger partial charge is 0.246 e. The van der Waals surface area contributed by atoms with Crippen molar-refractivity contribution in [3.05, 3.63) is 28.6 Å². The lowest BCUT2D eigenvalue weighted by atomic mass is 10.2. The van der Waals surface area contributed by atoms with Crippen LogP contribution in [-0.4, -0.2) is 37.4 Å². The number of nitrogens with zero attached hydrogens (tertiary/aromatic N) is 2. The van der Waals surface area contributed by atoms with Gasteiger partial charge in [-0.05, 0) is 44.9 Å². The predicted octanol–water partition coefficient (Wildman–Crippen LogP) is 3.30. The second kappa shape index (κ2) is 6.59. The average Bonchev–Trinajstić information content (AvgIpc) is 3.19. The van der Waals surface area contributed by atoms with Crippen molar-refractivity contribution in [2.45, 2.75) is 31.6 Å². The molecule has 1 aliphatic rings. The van der Waals surface area contributed by atoms with Crippen LogP contribution in [0.3, 0.4) is 0 Å². The van der Waals surface area contributed by atoms with Crippen LogP contribution in [0.25, 0.3) is 11.3 Å². The van der Waals surface area contributed by atoms with E-state index in [1.54, 1.807) is 27.8 Å². The summed E-state index contributed by atoms with van der Waals surface area (Å²) in [7, 11) is -3.53. The maximum absolute atomic E-state index is 12.9. The molecule has 3 rings (SSSR count). The molecule has 0 aliphatic carbocycles. The highest BCUT2D eigenvalue weighted by Gasteiger charge is 2.30. The first-order valence-corrected chi connectivity index (χ1v) is 10.0. The Morgan fingerprint density at radius 1 is 1.30 bits per heavy atom. The normalized spacial score (nSPS) is 15.9. The number of benzene rings is 1. The predicted molar refractivity (Wildman–Crippen MR) is 91.4 cm³/mol. The third-order valence-corrected chi connectivity index (χ3v) is 6.53. The van der Waals surface area contributed by atoms with Crippen LogP contribution in [0.5, 0.6) is 5.75 Å². The van der Waals surface area contributed by atoms with Gasteiger partial charge in [-0.2, -0.15) is 4.31 Å². The van der Waals surface area contributed by atoms with Crippen molar-refractivity contribution in [2.24, 2.45) is 0 Å². The van der Waals surface area contributed by atoms with E-state index in [1.165, 1.54) is 0 Å². The standard InChI is InChI=1S/C16H20N2O3S2/c1-3-21-15-7-6-13(14-11-22-12(2)17-14)10-16(15)23(19,20)18-8-4-5-9-18/h6-7,10-11H,3-5,8-9H2,1-2H3. The highest BCUT2D eigenvalue weighted by atomic mass is 32.2. The SMILES string of the molecule is CCOc1ccc(-c2csc(C)n2)cc1S(=O)(=O)N1CCCC1. The van der Waals surface area contributed by atoms with Gasteiger partial charge in [-0.25, -0.2) is 13.4 Å². The summed E-state index contributed by atoms with van der Waals surface area (Å²) in [6, 6.07) is 5.28. The summed E-state index contributed by atoms with van der Waals surface area (Å²) in [6.45, 7) is 5.37. The van der Waals surface area contributed by atoms with Gasteiger partial charge in [0.1, 0.15) is 10.6 Å². The fourth-order valence-corrected chi connectivity index (χ4v) is 5.00. The summed E-state index contributed by atoms with van der Waals surface area (Å²) in [5.74, 6) is 0.412. The fraction of sp³-hybridized carbons (Fsp3) is 0.438. The molecule has 1 aromatic carbocycles. The van der Waals surface area contributed by atoms with Crippen LogP contribution >= 0.6 is 11.3 Å². The zero-order valence-electron chi connectivity index (χ0n) is 13.3. The molecule has 1 saturated heterocycles. The molecule has 0 spiro atoms. The van der Waals surface area contributed by atoms with E-state index in [-0.39, 0.29) is 4.90 Å². The molecular weight excluding hydrogens is 332 g/mol. The maximum Gasteiger partial charge on any atom is 0.246 e. The monoisotopic (exact) mass is 352 g/mol. The molecule has 5 nitrogen and oxygen atoms in total. The molecule has 2 aromatic rings. The molecular formula is C16H20N2O3S2. The highest BCUT2D eigenvalue weighted by Crippen LogP contribution is 2.33. The van der Waals surface area contributed by atoms with Crippen LogP contribution in [0.4, 0.5) is 0 Å². The lowest BCUT2D eigenvalue weighted by molar-refractivity contribution is 0.329.